The Hall–Kier alpha value is -2.99. The van der Waals surface area contributed by atoms with Crippen molar-refractivity contribution in [2.24, 2.45) is 5.92 Å². The molecule has 2 aromatic rings. The molecule has 6 heteroatoms. The summed E-state index contributed by atoms with van der Waals surface area (Å²) in [6.45, 7) is 11.4. The van der Waals surface area contributed by atoms with Crippen LogP contribution in [0.3, 0.4) is 0 Å². The quantitative estimate of drug-likeness (QED) is 0.248. The zero-order valence-electron chi connectivity index (χ0n) is 23.3. The molecular formula is C32H42FN3OS. The maximum Gasteiger partial charge on any atom is 0.224 e. The van der Waals surface area contributed by atoms with E-state index >= 15 is 0 Å². The van der Waals surface area contributed by atoms with Crippen molar-refractivity contribution >= 4 is 23.5 Å². The first kappa shape index (κ1) is 29.6. The molecule has 0 saturated heterocycles. The summed E-state index contributed by atoms with van der Waals surface area (Å²) in [6, 6.07) is 15.6. The largest absolute Gasteiger partial charge is 0.374 e. The standard InChI is InChI=1S/C32H42FN3OS/c1-6-27(21-32(37)34-31-18-17-24(2)19-30(31)33)20-25(3)35(5)26(4)22-36(29-15-11-8-12-16-29)38-23-28-13-9-7-10-14-28/h7,9-11,13-19,26-27H,3,6,8,12,20-23H2,1-2,4-5H3,(H,34,37). The number of nitrogens with zero attached hydrogens (tertiary/aromatic N) is 2. The fourth-order valence-corrected chi connectivity index (χ4v) is 5.54. The van der Waals surface area contributed by atoms with Crippen molar-refractivity contribution in [1.29, 1.82) is 0 Å². The average molecular weight is 536 g/mol. The molecule has 2 aromatic carbocycles. The fraction of sp³-hybridized carbons (Fsp3) is 0.406. The summed E-state index contributed by atoms with van der Waals surface area (Å²) in [6.07, 6.45) is 10.9. The first-order valence-corrected chi connectivity index (χ1v) is 14.5. The predicted molar refractivity (Wildman–Crippen MR) is 160 cm³/mol. The smallest absolute Gasteiger partial charge is 0.224 e. The first-order valence-electron chi connectivity index (χ1n) is 13.5. The van der Waals surface area contributed by atoms with Crippen LogP contribution in [0, 0.1) is 18.7 Å². The number of anilines is 1. The number of rotatable bonds is 14. The molecule has 1 amide bonds. The molecule has 0 bridgehead atoms. The molecule has 38 heavy (non-hydrogen) atoms. The SMILES string of the molecule is C=C(CC(CC)CC(=O)Nc1ccc(C)cc1F)N(C)C(C)CN(SCc1ccccc1)C1=CCCC=C1. The van der Waals surface area contributed by atoms with Gasteiger partial charge in [0.1, 0.15) is 5.82 Å². The summed E-state index contributed by atoms with van der Waals surface area (Å²) in [5, 5.41) is 2.74. The van der Waals surface area contributed by atoms with Gasteiger partial charge in [-0.3, -0.25) is 4.79 Å². The molecule has 4 nitrogen and oxygen atoms in total. The van der Waals surface area contributed by atoms with Crippen LogP contribution in [0.15, 0.2) is 84.7 Å². The number of aryl methyl sites for hydroxylation is 1. The van der Waals surface area contributed by atoms with Crippen LogP contribution in [0.25, 0.3) is 0 Å². The predicted octanol–water partition coefficient (Wildman–Crippen LogP) is 8.10. The molecule has 1 aliphatic carbocycles. The zero-order chi connectivity index (χ0) is 27.5. The summed E-state index contributed by atoms with van der Waals surface area (Å²) in [5.41, 5.74) is 4.64. The number of halogens is 1. The van der Waals surface area contributed by atoms with E-state index in [9.17, 15) is 9.18 Å². The van der Waals surface area contributed by atoms with Gasteiger partial charge in [0.15, 0.2) is 0 Å². The number of allylic oxidation sites excluding steroid dienone is 4. The van der Waals surface area contributed by atoms with Gasteiger partial charge in [-0.2, -0.15) is 0 Å². The number of nitrogens with one attached hydrogen (secondary N) is 1. The second kappa shape index (κ2) is 14.8. The van der Waals surface area contributed by atoms with Crippen molar-refractivity contribution < 1.29 is 9.18 Å². The molecule has 0 fully saturated rings. The highest BCUT2D eigenvalue weighted by molar-refractivity contribution is 7.96. The third-order valence-electron chi connectivity index (χ3n) is 7.06. The van der Waals surface area contributed by atoms with E-state index in [4.69, 9.17) is 0 Å². The average Bonchev–Trinajstić information content (AvgIpc) is 2.92. The van der Waals surface area contributed by atoms with Crippen LogP contribution in [0.4, 0.5) is 10.1 Å². The van der Waals surface area contributed by atoms with Gasteiger partial charge in [0.05, 0.1) is 5.69 Å². The molecule has 0 spiro atoms. The number of hydrogen-bond donors (Lipinski definition) is 1. The fourth-order valence-electron chi connectivity index (χ4n) is 4.44. The third kappa shape index (κ3) is 9.09. The zero-order valence-corrected chi connectivity index (χ0v) is 24.1. The van der Waals surface area contributed by atoms with Crippen LogP contribution in [0.2, 0.25) is 0 Å². The topological polar surface area (TPSA) is 35.6 Å². The van der Waals surface area contributed by atoms with Gasteiger partial charge in [-0.25, -0.2) is 4.39 Å². The highest BCUT2D eigenvalue weighted by atomic mass is 32.2. The maximum absolute atomic E-state index is 14.2. The molecule has 2 atom stereocenters. The highest BCUT2D eigenvalue weighted by Crippen LogP contribution is 2.28. The number of amides is 1. The number of benzene rings is 2. The Balaban J connectivity index is 1.56. The minimum absolute atomic E-state index is 0.137. The van der Waals surface area contributed by atoms with Crippen molar-refractivity contribution in [2.45, 2.75) is 64.7 Å². The molecule has 1 N–H and O–H groups in total. The number of likely N-dealkylation sites (N-methyl/N-ethyl adjacent to an activating group) is 1. The summed E-state index contributed by atoms with van der Waals surface area (Å²) >= 11 is 1.84. The Kier molecular flexibility index (Phi) is 11.5. The van der Waals surface area contributed by atoms with Crippen LogP contribution in [0.1, 0.15) is 57.1 Å². The second-order valence-electron chi connectivity index (χ2n) is 10.2. The lowest BCUT2D eigenvalue weighted by molar-refractivity contribution is -0.117. The lowest BCUT2D eigenvalue weighted by atomic mass is 9.95. The van der Waals surface area contributed by atoms with E-state index in [1.807, 2.05) is 18.9 Å². The van der Waals surface area contributed by atoms with E-state index < -0.39 is 5.82 Å². The van der Waals surface area contributed by atoms with E-state index in [1.54, 1.807) is 12.1 Å². The van der Waals surface area contributed by atoms with Gasteiger partial charge in [-0.05, 0) is 80.3 Å². The number of carbonyl (C=O) groups is 1. The Labute approximate surface area is 232 Å². The lowest BCUT2D eigenvalue weighted by Gasteiger charge is -2.35. The van der Waals surface area contributed by atoms with Crippen LogP contribution in [-0.2, 0) is 10.5 Å². The molecule has 0 heterocycles. The van der Waals surface area contributed by atoms with E-state index in [-0.39, 0.29) is 23.6 Å². The molecule has 0 aromatic heterocycles. The molecule has 0 saturated carbocycles. The minimum atomic E-state index is -0.401. The maximum atomic E-state index is 14.2. The lowest BCUT2D eigenvalue weighted by Crippen LogP contribution is -2.37. The van der Waals surface area contributed by atoms with Crippen molar-refractivity contribution in [3.63, 3.8) is 0 Å². The molecular weight excluding hydrogens is 493 g/mol. The highest BCUT2D eigenvalue weighted by Gasteiger charge is 2.21. The Morgan fingerprint density at radius 2 is 1.92 bits per heavy atom. The van der Waals surface area contributed by atoms with Crippen LogP contribution in [-0.4, -0.2) is 34.7 Å². The first-order chi connectivity index (χ1) is 18.3. The third-order valence-corrected chi connectivity index (χ3v) is 8.19. The molecule has 2 unspecified atom stereocenters. The van der Waals surface area contributed by atoms with Crippen molar-refractivity contribution in [1.82, 2.24) is 9.21 Å². The van der Waals surface area contributed by atoms with E-state index in [0.717, 1.165) is 49.2 Å². The van der Waals surface area contributed by atoms with Gasteiger partial charge in [-0.1, -0.05) is 68.5 Å². The van der Waals surface area contributed by atoms with Crippen LogP contribution < -0.4 is 5.32 Å². The Morgan fingerprint density at radius 3 is 2.58 bits per heavy atom. The molecule has 1 aliphatic rings. The van der Waals surface area contributed by atoms with Gasteiger partial charge in [0, 0.05) is 43.2 Å². The number of hydrogen-bond acceptors (Lipinski definition) is 4. The van der Waals surface area contributed by atoms with Crippen LogP contribution >= 0.6 is 11.9 Å². The van der Waals surface area contributed by atoms with Gasteiger partial charge >= 0.3 is 0 Å². The van der Waals surface area contributed by atoms with Gasteiger partial charge in [-0.15, -0.1) is 0 Å². The van der Waals surface area contributed by atoms with E-state index in [1.165, 1.54) is 17.3 Å². The molecule has 0 aliphatic heterocycles. The summed E-state index contributed by atoms with van der Waals surface area (Å²) < 4.78 is 16.6. The Morgan fingerprint density at radius 1 is 1.16 bits per heavy atom. The second-order valence-corrected chi connectivity index (χ2v) is 11.2. The summed E-state index contributed by atoms with van der Waals surface area (Å²) in [7, 11) is 2.09. The normalized spacial score (nSPS) is 14.4. The van der Waals surface area contributed by atoms with Crippen molar-refractivity contribution in [3.8, 4) is 0 Å². The van der Waals surface area contributed by atoms with E-state index in [2.05, 4.69) is 90.6 Å². The molecule has 3 rings (SSSR count). The van der Waals surface area contributed by atoms with Crippen LogP contribution in [0.5, 0.6) is 0 Å². The summed E-state index contributed by atoms with van der Waals surface area (Å²) in [4.78, 5) is 14.9. The van der Waals surface area contributed by atoms with Gasteiger partial charge in [0.2, 0.25) is 5.91 Å². The van der Waals surface area contributed by atoms with Gasteiger partial charge < -0.3 is 14.5 Å². The number of carbonyl (C=O) groups excluding carboxylic acids is 1. The minimum Gasteiger partial charge on any atom is -0.374 e. The van der Waals surface area contributed by atoms with Crippen molar-refractivity contribution in [3.05, 3.63) is 102 Å². The summed E-state index contributed by atoms with van der Waals surface area (Å²) in [5.74, 6) is 0.487. The van der Waals surface area contributed by atoms with Crippen molar-refractivity contribution in [2.75, 3.05) is 18.9 Å². The molecule has 0 radical (unpaired) electrons. The molecule has 204 valence electrons. The van der Waals surface area contributed by atoms with E-state index in [0.29, 0.717) is 6.42 Å². The monoisotopic (exact) mass is 535 g/mol. The van der Waals surface area contributed by atoms with Gasteiger partial charge in [0.25, 0.3) is 0 Å². The Bertz CT molecular complexity index is 1130.